The highest BCUT2D eigenvalue weighted by molar-refractivity contribution is 7.09. The first-order valence-electron chi connectivity index (χ1n) is 7.16. The number of rotatable bonds is 3. The van der Waals surface area contributed by atoms with Gasteiger partial charge < -0.3 is 15.7 Å². The van der Waals surface area contributed by atoms with E-state index in [1.165, 1.54) is 17.1 Å². The minimum absolute atomic E-state index is 0.00690. The molecule has 3 rings (SSSR count). The Balaban J connectivity index is 1.84. The summed E-state index contributed by atoms with van der Waals surface area (Å²) >= 11 is 1.40. The minimum atomic E-state index is -0.521. The van der Waals surface area contributed by atoms with Crippen molar-refractivity contribution in [2.75, 3.05) is 24.6 Å². The van der Waals surface area contributed by atoms with E-state index in [1.54, 1.807) is 0 Å². The Morgan fingerprint density at radius 2 is 2.24 bits per heavy atom. The molecule has 0 aliphatic carbocycles. The molecule has 2 aromatic rings. The van der Waals surface area contributed by atoms with Gasteiger partial charge in [-0.3, -0.25) is 0 Å². The van der Waals surface area contributed by atoms with Crippen molar-refractivity contribution < 1.29 is 5.11 Å². The van der Waals surface area contributed by atoms with Crippen LogP contribution in [0.15, 0.2) is 24.3 Å². The van der Waals surface area contributed by atoms with Crippen LogP contribution in [0.25, 0.3) is 11.4 Å². The Morgan fingerprint density at radius 3 is 3.00 bits per heavy atom. The van der Waals surface area contributed by atoms with Gasteiger partial charge in [-0.2, -0.15) is 9.36 Å². The van der Waals surface area contributed by atoms with Crippen molar-refractivity contribution in [2.45, 2.75) is 25.3 Å². The van der Waals surface area contributed by atoms with Crippen LogP contribution in [0.5, 0.6) is 0 Å². The summed E-state index contributed by atoms with van der Waals surface area (Å²) < 4.78 is 4.48. The van der Waals surface area contributed by atoms with E-state index in [2.05, 4.69) is 27.2 Å². The summed E-state index contributed by atoms with van der Waals surface area (Å²) in [6, 6.07) is 8.12. The third-order valence-corrected chi connectivity index (χ3v) is 4.77. The summed E-state index contributed by atoms with van der Waals surface area (Å²) in [6.45, 7) is 3.62. The highest BCUT2D eigenvalue weighted by Crippen LogP contribution is 2.29. The zero-order chi connectivity index (χ0) is 14.9. The summed E-state index contributed by atoms with van der Waals surface area (Å²) in [6.07, 6.45) is 1.82. The van der Waals surface area contributed by atoms with Gasteiger partial charge in [0.25, 0.3) is 0 Å². The molecule has 2 heterocycles. The molecular formula is C15H20N4OS. The van der Waals surface area contributed by atoms with Crippen LogP contribution < -0.4 is 10.6 Å². The number of hydrogen-bond donors (Lipinski definition) is 2. The third kappa shape index (κ3) is 2.92. The molecule has 6 heteroatoms. The second kappa shape index (κ2) is 5.71. The highest BCUT2D eigenvalue weighted by atomic mass is 32.1. The Morgan fingerprint density at radius 1 is 1.43 bits per heavy atom. The standard InChI is InChI=1S/C15H20N4OS/c1-11-5-2-3-6-12(11)13-17-14(21-18-13)19-8-4-7-15(16,9-19)10-20/h2-3,5-6,20H,4,7-10,16H2,1H3. The monoisotopic (exact) mass is 304 g/mol. The molecule has 0 radical (unpaired) electrons. The summed E-state index contributed by atoms with van der Waals surface area (Å²) in [7, 11) is 0. The van der Waals surface area contributed by atoms with Crippen LogP contribution in [-0.2, 0) is 0 Å². The number of benzene rings is 1. The summed E-state index contributed by atoms with van der Waals surface area (Å²) in [5.74, 6) is 0.769. The number of aliphatic hydroxyl groups excluding tert-OH is 1. The molecule has 1 aromatic carbocycles. The largest absolute Gasteiger partial charge is 0.394 e. The molecule has 3 N–H and O–H groups in total. The van der Waals surface area contributed by atoms with Crippen LogP contribution in [0, 0.1) is 6.92 Å². The van der Waals surface area contributed by atoms with Gasteiger partial charge in [0.05, 0.1) is 12.1 Å². The molecule has 21 heavy (non-hydrogen) atoms. The van der Waals surface area contributed by atoms with E-state index in [1.807, 2.05) is 18.2 Å². The lowest BCUT2D eigenvalue weighted by Crippen LogP contribution is -2.56. The van der Waals surface area contributed by atoms with Crippen LogP contribution in [0.4, 0.5) is 5.13 Å². The zero-order valence-corrected chi connectivity index (χ0v) is 12.9. The number of aliphatic hydroxyl groups is 1. The molecule has 1 saturated heterocycles. The molecule has 1 aliphatic heterocycles. The zero-order valence-electron chi connectivity index (χ0n) is 12.1. The summed E-state index contributed by atoms with van der Waals surface area (Å²) in [4.78, 5) is 6.80. The van der Waals surface area contributed by atoms with Gasteiger partial charge in [-0.25, -0.2) is 0 Å². The van der Waals surface area contributed by atoms with Crippen molar-refractivity contribution in [3.05, 3.63) is 29.8 Å². The van der Waals surface area contributed by atoms with Crippen molar-refractivity contribution in [2.24, 2.45) is 5.73 Å². The van der Waals surface area contributed by atoms with E-state index in [0.717, 1.165) is 35.9 Å². The summed E-state index contributed by atoms with van der Waals surface area (Å²) in [5.41, 5.74) is 7.91. The molecule has 1 fully saturated rings. The second-order valence-electron chi connectivity index (χ2n) is 5.76. The molecule has 1 unspecified atom stereocenters. The molecule has 112 valence electrons. The lowest BCUT2D eigenvalue weighted by Gasteiger charge is -2.38. The van der Waals surface area contributed by atoms with E-state index in [0.29, 0.717) is 6.54 Å². The van der Waals surface area contributed by atoms with Crippen molar-refractivity contribution in [3.8, 4) is 11.4 Å². The van der Waals surface area contributed by atoms with Crippen LogP contribution in [-0.4, -0.2) is 39.7 Å². The third-order valence-electron chi connectivity index (χ3n) is 4.00. The maximum absolute atomic E-state index is 9.45. The van der Waals surface area contributed by atoms with Crippen molar-refractivity contribution >= 4 is 16.7 Å². The van der Waals surface area contributed by atoms with Gasteiger partial charge in [0.15, 0.2) is 5.82 Å². The number of hydrogen-bond acceptors (Lipinski definition) is 6. The van der Waals surface area contributed by atoms with Crippen molar-refractivity contribution in [1.82, 2.24) is 9.36 Å². The van der Waals surface area contributed by atoms with Crippen LogP contribution >= 0.6 is 11.5 Å². The first kappa shape index (κ1) is 14.4. The second-order valence-corrected chi connectivity index (χ2v) is 6.49. The normalized spacial score (nSPS) is 22.5. The van der Waals surface area contributed by atoms with Crippen molar-refractivity contribution in [3.63, 3.8) is 0 Å². The molecule has 1 atom stereocenters. The molecule has 1 aromatic heterocycles. The molecule has 0 saturated carbocycles. The molecular weight excluding hydrogens is 284 g/mol. The average molecular weight is 304 g/mol. The van der Waals surface area contributed by atoms with Gasteiger partial charge in [-0.05, 0) is 25.3 Å². The van der Waals surface area contributed by atoms with Gasteiger partial charge in [0.1, 0.15) is 0 Å². The van der Waals surface area contributed by atoms with Crippen LogP contribution in [0.1, 0.15) is 18.4 Å². The number of anilines is 1. The fourth-order valence-corrected chi connectivity index (χ4v) is 3.44. The fourth-order valence-electron chi connectivity index (χ4n) is 2.73. The number of aryl methyl sites for hydroxylation is 1. The lowest BCUT2D eigenvalue weighted by molar-refractivity contribution is 0.177. The average Bonchev–Trinajstić information content (AvgIpc) is 2.97. The van der Waals surface area contributed by atoms with Gasteiger partial charge >= 0.3 is 0 Å². The minimum Gasteiger partial charge on any atom is -0.394 e. The molecule has 0 spiro atoms. The molecule has 5 nitrogen and oxygen atoms in total. The predicted molar refractivity (Wildman–Crippen MR) is 85.5 cm³/mol. The Kier molecular flexibility index (Phi) is 3.93. The maximum Gasteiger partial charge on any atom is 0.205 e. The van der Waals surface area contributed by atoms with E-state index < -0.39 is 5.54 Å². The number of nitrogens with zero attached hydrogens (tertiary/aromatic N) is 3. The van der Waals surface area contributed by atoms with Gasteiger partial charge in [-0.15, -0.1) is 0 Å². The lowest BCUT2D eigenvalue weighted by atomic mass is 9.91. The first-order chi connectivity index (χ1) is 10.1. The first-order valence-corrected chi connectivity index (χ1v) is 7.93. The molecule has 0 bridgehead atoms. The number of aromatic nitrogens is 2. The Labute approximate surface area is 128 Å². The van der Waals surface area contributed by atoms with E-state index in [4.69, 9.17) is 5.73 Å². The maximum atomic E-state index is 9.45. The van der Waals surface area contributed by atoms with Crippen molar-refractivity contribution in [1.29, 1.82) is 0 Å². The number of nitrogens with two attached hydrogens (primary N) is 1. The topological polar surface area (TPSA) is 75.3 Å². The highest BCUT2D eigenvalue weighted by Gasteiger charge is 2.32. The van der Waals surface area contributed by atoms with E-state index in [-0.39, 0.29) is 6.61 Å². The Bertz CT molecular complexity index is 630. The summed E-state index contributed by atoms with van der Waals surface area (Å²) in [5, 5.41) is 10.3. The number of piperidine rings is 1. The van der Waals surface area contributed by atoms with Crippen LogP contribution in [0.2, 0.25) is 0 Å². The molecule has 0 amide bonds. The predicted octanol–water partition coefficient (Wildman–Crippen LogP) is 1.80. The smallest absolute Gasteiger partial charge is 0.205 e. The SMILES string of the molecule is Cc1ccccc1-c1nsc(N2CCCC(N)(CO)C2)n1. The van der Waals surface area contributed by atoms with Gasteiger partial charge in [0, 0.05) is 30.2 Å². The van der Waals surface area contributed by atoms with E-state index >= 15 is 0 Å². The van der Waals surface area contributed by atoms with E-state index in [9.17, 15) is 5.11 Å². The quantitative estimate of drug-likeness (QED) is 0.904. The van der Waals surface area contributed by atoms with Crippen LogP contribution in [0.3, 0.4) is 0 Å². The van der Waals surface area contributed by atoms with Gasteiger partial charge in [0.2, 0.25) is 5.13 Å². The fraction of sp³-hybridized carbons (Fsp3) is 0.467. The van der Waals surface area contributed by atoms with Gasteiger partial charge in [-0.1, -0.05) is 24.3 Å². The molecule has 1 aliphatic rings. The Hall–Kier alpha value is -1.50.